The van der Waals surface area contributed by atoms with E-state index in [0.717, 1.165) is 25.2 Å². The van der Waals surface area contributed by atoms with Gasteiger partial charge in [0.1, 0.15) is 0 Å². The van der Waals surface area contributed by atoms with Gasteiger partial charge in [0.25, 0.3) is 0 Å². The van der Waals surface area contributed by atoms with E-state index in [9.17, 15) is 0 Å². The Labute approximate surface area is 86.5 Å². The zero-order chi connectivity index (χ0) is 10.2. The lowest BCUT2D eigenvalue weighted by atomic mass is 10.1. The highest BCUT2D eigenvalue weighted by Gasteiger charge is 1.92. The molecule has 0 bridgehead atoms. The van der Waals surface area contributed by atoms with Crippen LogP contribution in [0.2, 0.25) is 0 Å². The van der Waals surface area contributed by atoms with E-state index in [1.807, 2.05) is 12.1 Å². The van der Waals surface area contributed by atoms with Crippen LogP contribution in [-0.4, -0.2) is 13.1 Å². The number of nitrogen functional groups attached to an aromatic ring is 1. The Balaban J connectivity index is 2.15. The summed E-state index contributed by atoms with van der Waals surface area (Å²) in [6.07, 6.45) is 3.61. The Morgan fingerprint density at radius 3 is 2.50 bits per heavy atom. The van der Waals surface area contributed by atoms with Crippen molar-refractivity contribution in [3.05, 3.63) is 29.8 Å². The highest BCUT2D eigenvalue weighted by atomic mass is 14.8. The van der Waals surface area contributed by atoms with Crippen LogP contribution in [0.4, 0.5) is 5.69 Å². The van der Waals surface area contributed by atoms with Crippen LogP contribution < -0.4 is 11.1 Å². The first-order valence-electron chi connectivity index (χ1n) is 5.38. The van der Waals surface area contributed by atoms with Crippen molar-refractivity contribution in [1.82, 2.24) is 5.32 Å². The summed E-state index contributed by atoms with van der Waals surface area (Å²) in [5, 5.41) is 3.42. The van der Waals surface area contributed by atoms with E-state index in [2.05, 4.69) is 24.4 Å². The second-order valence-electron chi connectivity index (χ2n) is 3.60. The fourth-order valence-corrected chi connectivity index (χ4v) is 1.34. The van der Waals surface area contributed by atoms with Crippen LogP contribution in [-0.2, 0) is 6.42 Å². The van der Waals surface area contributed by atoms with Crippen molar-refractivity contribution >= 4 is 5.69 Å². The lowest BCUT2D eigenvalue weighted by Gasteiger charge is -2.04. The molecular weight excluding hydrogens is 172 g/mol. The summed E-state index contributed by atoms with van der Waals surface area (Å²) in [6, 6.07) is 8.11. The summed E-state index contributed by atoms with van der Waals surface area (Å²) in [4.78, 5) is 0. The second kappa shape index (κ2) is 6.44. The third kappa shape index (κ3) is 4.28. The molecule has 14 heavy (non-hydrogen) atoms. The van der Waals surface area contributed by atoms with Crippen LogP contribution in [0, 0.1) is 0 Å². The Kier molecular flexibility index (Phi) is 5.08. The molecule has 0 atom stereocenters. The molecule has 1 rings (SSSR count). The van der Waals surface area contributed by atoms with Crippen molar-refractivity contribution in [2.24, 2.45) is 0 Å². The first kappa shape index (κ1) is 11.1. The SMILES string of the molecule is CCCCNCCc1ccc(N)cc1. The van der Waals surface area contributed by atoms with Crippen LogP contribution >= 0.6 is 0 Å². The second-order valence-corrected chi connectivity index (χ2v) is 3.60. The predicted octanol–water partition coefficient (Wildman–Crippen LogP) is 2.20. The molecule has 0 heterocycles. The number of hydrogen-bond acceptors (Lipinski definition) is 2. The Morgan fingerprint density at radius 2 is 1.86 bits per heavy atom. The molecule has 3 N–H and O–H groups in total. The minimum atomic E-state index is 0.840. The molecule has 0 fully saturated rings. The van der Waals surface area contributed by atoms with Gasteiger partial charge in [0.15, 0.2) is 0 Å². The molecular formula is C12H20N2. The molecule has 0 saturated carbocycles. The molecule has 0 saturated heterocycles. The molecule has 2 heteroatoms. The molecule has 0 aliphatic rings. The van der Waals surface area contributed by atoms with Gasteiger partial charge in [-0.25, -0.2) is 0 Å². The summed E-state index contributed by atoms with van der Waals surface area (Å²) in [5.41, 5.74) is 7.80. The lowest BCUT2D eigenvalue weighted by Crippen LogP contribution is -2.18. The van der Waals surface area contributed by atoms with Crippen LogP contribution in [0.15, 0.2) is 24.3 Å². The topological polar surface area (TPSA) is 38.0 Å². The average molecular weight is 192 g/mol. The average Bonchev–Trinajstić information content (AvgIpc) is 2.21. The van der Waals surface area contributed by atoms with Crippen molar-refractivity contribution < 1.29 is 0 Å². The molecule has 0 radical (unpaired) electrons. The largest absolute Gasteiger partial charge is 0.399 e. The van der Waals surface area contributed by atoms with Crippen molar-refractivity contribution in [2.75, 3.05) is 18.8 Å². The van der Waals surface area contributed by atoms with Gasteiger partial charge in [0.05, 0.1) is 0 Å². The van der Waals surface area contributed by atoms with Gasteiger partial charge in [-0.1, -0.05) is 25.5 Å². The van der Waals surface area contributed by atoms with E-state index in [0.29, 0.717) is 0 Å². The zero-order valence-electron chi connectivity index (χ0n) is 8.92. The van der Waals surface area contributed by atoms with E-state index in [4.69, 9.17) is 5.73 Å². The highest BCUT2D eigenvalue weighted by Crippen LogP contribution is 2.05. The minimum absolute atomic E-state index is 0.840. The Morgan fingerprint density at radius 1 is 1.14 bits per heavy atom. The quantitative estimate of drug-likeness (QED) is 0.535. The molecule has 78 valence electrons. The van der Waals surface area contributed by atoms with Gasteiger partial charge in [-0.2, -0.15) is 0 Å². The molecule has 0 aliphatic carbocycles. The van der Waals surface area contributed by atoms with E-state index < -0.39 is 0 Å². The molecule has 1 aromatic carbocycles. The van der Waals surface area contributed by atoms with Crippen LogP contribution in [0.5, 0.6) is 0 Å². The third-order valence-corrected chi connectivity index (χ3v) is 2.28. The number of rotatable bonds is 6. The smallest absolute Gasteiger partial charge is 0.0314 e. The first-order valence-corrected chi connectivity index (χ1v) is 5.38. The maximum atomic E-state index is 5.61. The Hall–Kier alpha value is -1.02. The number of anilines is 1. The summed E-state index contributed by atoms with van der Waals surface area (Å²) in [6.45, 7) is 4.40. The van der Waals surface area contributed by atoms with Gasteiger partial charge in [-0.05, 0) is 43.6 Å². The Bertz CT molecular complexity index is 241. The van der Waals surface area contributed by atoms with E-state index >= 15 is 0 Å². The lowest BCUT2D eigenvalue weighted by molar-refractivity contribution is 0.640. The summed E-state index contributed by atoms with van der Waals surface area (Å²) in [7, 11) is 0. The van der Waals surface area contributed by atoms with Gasteiger partial charge >= 0.3 is 0 Å². The van der Waals surface area contributed by atoms with E-state index in [1.165, 1.54) is 18.4 Å². The van der Waals surface area contributed by atoms with Crippen LogP contribution in [0.3, 0.4) is 0 Å². The van der Waals surface area contributed by atoms with E-state index in [-0.39, 0.29) is 0 Å². The predicted molar refractivity (Wildman–Crippen MR) is 62.3 cm³/mol. The molecule has 0 unspecified atom stereocenters. The molecule has 0 amide bonds. The first-order chi connectivity index (χ1) is 6.83. The van der Waals surface area contributed by atoms with Gasteiger partial charge in [0, 0.05) is 5.69 Å². The van der Waals surface area contributed by atoms with Crippen molar-refractivity contribution in [3.8, 4) is 0 Å². The van der Waals surface area contributed by atoms with Crippen LogP contribution in [0.1, 0.15) is 25.3 Å². The monoisotopic (exact) mass is 192 g/mol. The van der Waals surface area contributed by atoms with Crippen LogP contribution in [0.25, 0.3) is 0 Å². The fraction of sp³-hybridized carbons (Fsp3) is 0.500. The van der Waals surface area contributed by atoms with Gasteiger partial charge in [0.2, 0.25) is 0 Å². The standard InChI is InChI=1S/C12H20N2/c1-2-3-9-14-10-8-11-4-6-12(13)7-5-11/h4-7,14H,2-3,8-10,13H2,1H3. The van der Waals surface area contributed by atoms with Gasteiger partial charge in [-0.15, -0.1) is 0 Å². The van der Waals surface area contributed by atoms with Crippen molar-refractivity contribution in [2.45, 2.75) is 26.2 Å². The maximum Gasteiger partial charge on any atom is 0.0314 e. The normalized spacial score (nSPS) is 10.4. The molecule has 2 nitrogen and oxygen atoms in total. The third-order valence-electron chi connectivity index (χ3n) is 2.28. The number of benzene rings is 1. The van der Waals surface area contributed by atoms with Gasteiger partial charge < -0.3 is 11.1 Å². The molecule has 0 aliphatic heterocycles. The zero-order valence-corrected chi connectivity index (χ0v) is 8.92. The maximum absolute atomic E-state index is 5.61. The van der Waals surface area contributed by atoms with Gasteiger partial charge in [-0.3, -0.25) is 0 Å². The molecule has 0 aromatic heterocycles. The summed E-state index contributed by atoms with van der Waals surface area (Å²) < 4.78 is 0. The number of nitrogens with two attached hydrogens (primary N) is 1. The summed E-state index contributed by atoms with van der Waals surface area (Å²) in [5.74, 6) is 0. The number of unbranched alkanes of at least 4 members (excludes halogenated alkanes) is 1. The molecule has 0 spiro atoms. The van der Waals surface area contributed by atoms with E-state index in [1.54, 1.807) is 0 Å². The number of nitrogens with one attached hydrogen (secondary N) is 1. The van der Waals surface area contributed by atoms with Crippen molar-refractivity contribution in [1.29, 1.82) is 0 Å². The number of hydrogen-bond donors (Lipinski definition) is 2. The molecule has 1 aromatic rings. The van der Waals surface area contributed by atoms with Crippen molar-refractivity contribution in [3.63, 3.8) is 0 Å². The fourth-order valence-electron chi connectivity index (χ4n) is 1.34. The minimum Gasteiger partial charge on any atom is -0.399 e. The summed E-state index contributed by atoms with van der Waals surface area (Å²) >= 11 is 0. The highest BCUT2D eigenvalue weighted by molar-refractivity contribution is 5.39.